The van der Waals surface area contributed by atoms with Crippen molar-refractivity contribution in [3.05, 3.63) is 36.3 Å². The predicted octanol–water partition coefficient (Wildman–Crippen LogP) is 3.93. The van der Waals surface area contributed by atoms with Crippen LogP contribution in [0.4, 0.5) is 0 Å². The lowest BCUT2D eigenvalue weighted by Crippen LogP contribution is -2.22. The first-order chi connectivity index (χ1) is 13.7. The van der Waals surface area contributed by atoms with Crippen LogP contribution in [0.15, 0.2) is 30.5 Å². The number of aromatic nitrogens is 4. The molecule has 1 aliphatic heterocycles. The van der Waals surface area contributed by atoms with Gasteiger partial charge in [-0.1, -0.05) is 0 Å². The Morgan fingerprint density at radius 1 is 1.11 bits per heavy atom. The van der Waals surface area contributed by atoms with E-state index in [0.717, 1.165) is 66.8 Å². The molecule has 0 radical (unpaired) electrons. The maximum Gasteiger partial charge on any atom is 0.213 e. The van der Waals surface area contributed by atoms with Gasteiger partial charge in [-0.25, -0.2) is 15.0 Å². The van der Waals surface area contributed by atoms with Crippen LogP contribution >= 0.6 is 0 Å². The van der Waals surface area contributed by atoms with Crippen LogP contribution in [-0.2, 0) is 6.42 Å². The molecular formula is C22H26N4O2. The van der Waals surface area contributed by atoms with Crippen molar-refractivity contribution in [1.82, 2.24) is 19.5 Å². The minimum absolute atomic E-state index is 0.133. The number of pyridine rings is 2. The fraction of sp³-hybridized carbons (Fsp3) is 0.500. The molecule has 28 heavy (non-hydrogen) atoms. The molecule has 0 saturated heterocycles. The summed E-state index contributed by atoms with van der Waals surface area (Å²) in [6, 6.07) is 8.48. The van der Waals surface area contributed by atoms with E-state index in [1.54, 1.807) is 6.20 Å². The van der Waals surface area contributed by atoms with Crippen molar-refractivity contribution >= 4 is 11.2 Å². The predicted molar refractivity (Wildman–Crippen MR) is 107 cm³/mol. The Morgan fingerprint density at radius 3 is 2.82 bits per heavy atom. The molecule has 0 aromatic carbocycles. The Labute approximate surface area is 164 Å². The third-order valence-corrected chi connectivity index (χ3v) is 6.15. The van der Waals surface area contributed by atoms with Gasteiger partial charge in [0.1, 0.15) is 11.3 Å². The first-order valence-corrected chi connectivity index (χ1v) is 10.3. The Kier molecular flexibility index (Phi) is 4.51. The summed E-state index contributed by atoms with van der Waals surface area (Å²) in [6.07, 6.45) is 7.59. The molecule has 3 aromatic heterocycles. The maximum atomic E-state index is 9.64. The van der Waals surface area contributed by atoms with Crippen molar-refractivity contribution in [2.45, 2.75) is 57.6 Å². The van der Waals surface area contributed by atoms with E-state index in [1.165, 1.54) is 0 Å². The van der Waals surface area contributed by atoms with Gasteiger partial charge in [0.2, 0.25) is 5.88 Å². The van der Waals surface area contributed by atoms with E-state index in [1.807, 2.05) is 18.2 Å². The molecule has 3 aromatic rings. The first-order valence-electron chi connectivity index (χ1n) is 10.3. The monoisotopic (exact) mass is 378 g/mol. The first kappa shape index (κ1) is 17.6. The summed E-state index contributed by atoms with van der Waals surface area (Å²) >= 11 is 0. The lowest BCUT2D eigenvalue weighted by atomic mass is 9.88. The average Bonchev–Trinajstić information content (AvgIpc) is 3.27. The summed E-state index contributed by atoms with van der Waals surface area (Å²) < 4.78 is 8.24. The number of fused-ring (bicyclic) bond motifs is 3. The molecule has 0 amide bonds. The zero-order valence-electron chi connectivity index (χ0n) is 16.2. The van der Waals surface area contributed by atoms with E-state index in [0.29, 0.717) is 24.4 Å². The van der Waals surface area contributed by atoms with Gasteiger partial charge in [-0.3, -0.25) is 0 Å². The van der Waals surface area contributed by atoms with Gasteiger partial charge in [-0.2, -0.15) is 0 Å². The Balaban J connectivity index is 1.36. The van der Waals surface area contributed by atoms with Gasteiger partial charge in [0.05, 0.1) is 18.4 Å². The van der Waals surface area contributed by atoms with Crippen LogP contribution in [0.1, 0.15) is 50.9 Å². The molecule has 1 atom stereocenters. The highest BCUT2D eigenvalue weighted by molar-refractivity contribution is 5.76. The maximum absolute atomic E-state index is 9.64. The zero-order chi connectivity index (χ0) is 19.1. The van der Waals surface area contributed by atoms with Crippen LogP contribution in [0, 0.1) is 5.92 Å². The summed E-state index contributed by atoms with van der Waals surface area (Å²) in [5, 5.41) is 9.64. The van der Waals surface area contributed by atoms with E-state index in [-0.39, 0.29) is 6.10 Å². The average molecular weight is 378 g/mol. The Hall–Kier alpha value is -2.47. The Morgan fingerprint density at radius 2 is 1.96 bits per heavy atom. The van der Waals surface area contributed by atoms with Gasteiger partial charge in [-0.15, -0.1) is 0 Å². The quantitative estimate of drug-likeness (QED) is 0.745. The molecule has 0 bridgehead atoms. The van der Waals surface area contributed by atoms with E-state index in [2.05, 4.69) is 22.5 Å². The number of ether oxygens (including phenoxy) is 1. The van der Waals surface area contributed by atoms with Crippen LogP contribution in [0.2, 0.25) is 0 Å². The zero-order valence-corrected chi connectivity index (χ0v) is 16.2. The summed E-state index contributed by atoms with van der Waals surface area (Å²) in [6.45, 7) is 2.89. The normalized spacial score (nSPS) is 24.4. The molecule has 4 heterocycles. The molecule has 1 fully saturated rings. The third-order valence-electron chi connectivity index (χ3n) is 6.15. The van der Waals surface area contributed by atoms with Crippen molar-refractivity contribution in [1.29, 1.82) is 0 Å². The van der Waals surface area contributed by atoms with Gasteiger partial charge in [0.15, 0.2) is 5.65 Å². The van der Waals surface area contributed by atoms with Gasteiger partial charge in [-0.05, 0) is 63.1 Å². The number of imidazole rings is 1. The third kappa shape index (κ3) is 3.26. The summed E-state index contributed by atoms with van der Waals surface area (Å²) in [7, 11) is 0. The fourth-order valence-electron chi connectivity index (χ4n) is 4.45. The van der Waals surface area contributed by atoms with Gasteiger partial charge >= 0.3 is 0 Å². The van der Waals surface area contributed by atoms with Crippen LogP contribution < -0.4 is 4.74 Å². The van der Waals surface area contributed by atoms with E-state index >= 15 is 0 Å². The summed E-state index contributed by atoms with van der Waals surface area (Å²) in [5.74, 6) is 2.28. The highest BCUT2D eigenvalue weighted by atomic mass is 16.5. The molecule has 146 valence electrons. The molecule has 0 unspecified atom stereocenters. The molecule has 6 heteroatoms. The van der Waals surface area contributed by atoms with E-state index < -0.39 is 0 Å². The molecule has 2 aliphatic rings. The second-order valence-electron chi connectivity index (χ2n) is 8.19. The highest BCUT2D eigenvalue weighted by Gasteiger charge is 2.23. The lowest BCUT2D eigenvalue weighted by molar-refractivity contribution is 0.0909. The minimum Gasteiger partial charge on any atom is -0.477 e. The molecule has 0 spiro atoms. The number of rotatable bonds is 4. The SMILES string of the molecule is C[C@H]1CCc2nc3ccc(-c4ccnc(OCC5CCC(O)CC5)c4)nc3n21. The lowest BCUT2D eigenvalue weighted by Gasteiger charge is -2.25. The largest absolute Gasteiger partial charge is 0.477 e. The van der Waals surface area contributed by atoms with Crippen LogP contribution in [0.3, 0.4) is 0 Å². The van der Waals surface area contributed by atoms with Gasteiger partial charge in [0, 0.05) is 30.3 Å². The number of nitrogens with zero attached hydrogens (tertiary/aromatic N) is 4. The molecule has 1 aliphatic carbocycles. The number of aliphatic hydroxyl groups excluding tert-OH is 1. The van der Waals surface area contributed by atoms with Gasteiger partial charge in [0.25, 0.3) is 0 Å². The van der Waals surface area contributed by atoms with Crippen molar-refractivity contribution in [2.75, 3.05) is 6.61 Å². The summed E-state index contributed by atoms with van der Waals surface area (Å²) in [4.78, 5) is 14.0. The smallest absolute Gasteiger partial charge is 0.213 e. The second kappa shape index (κ2) is 7.17. The minimum atomic E-state index is -0.133. The van der Waals surface area contributed by atoms with Crippen molar-refractivity contribution in [3.63, 3.8) is 0 Å². The fourth-order valence-corrected chi connectivity index (χ4v) is 4.45. The Bertz CT molecular complexity index is 991. The van der Waals surface area contributed by atoms with E-state index in [4.69, 9.17) is 14.7 Å². The van der Waals surface area contributed by atoms with Crippen molar-refractivity contribution in [2.24, 2.45) is 5.92 Å². The highest BCUT2D eigenvalue weighted by Crippen LogP contribution is 2.31. The van der Waals surface area contributed by atoms with Gasteiger partial charge < -0.3 is 14.4 Å². The van der Waals surface area contributed by atoms with E-state index in [9.17, 15) is 5.11 Å². The van der Waals surface area contributed by atoms with Crippen LogP contribution in [0.25, 0.3) is 22.4 Å². The number of aliphatic hydroxyl groups is 1. The van der Waals surface area contributed by atoms with Crippen LogP contribution in [-0.4, -0.2) is 37.3 Å². The summed E-state index contributed by atoms with van der Waals surface area (Å²) in [5.41, 5.74) is 3.86. The number of hydrogen-bond acceptors (Lipinski definition) is 5. The van der Waals surface area contributed by atoms with Crippen LogP contribution in [0.5, 0.6) is 5.88 Å². The molecule has 6 nitrogen and oxygen atoms in total. The molecule has 1 N–H and O–H groups in total. The standard InChI is InChI=1S/C22H26N4O2/c1-14-2-9-20-24-19-8-7-18(25-22(19)26(14)20)16-10-11-23-21(12-16)28-13-15-3-5-17(27)6-4-15/h7-8,10-12,14-15,17,27H,2-6,9,13H2,1H3/t14-,15?,17?/m0/s1. The molecular weight excluding hydrogens is 352 g/mol. The second-order valence-corrected chi connectivity index (χ2v) is 8.19. The molecule has 1 saturated carbocycles. The van der Waals surface area contributed by atoms with Crippen molar-refractivity contribution < 1.29 is 9.84 Å². The van der Waals surface area contributed by atoms with Crippen molar-refractivity contribution in [3.8, 4) is 17.1 Å². The topological polar surface area (TPSA) is 73.1 Å². The number of aryl methyl sites for hydroxylation is 1. The molecule has 5 rings (SSSR count). The number of hydrogen-bond donors (Lipinski definition) is 1.